The lowest BCUT2D eigenvalue weighted by atomic mass is 10.3. The van der Waals surface area contributed by atoms with Crippen molar-refractivity contribution in [2.75, 3.05) is 0 Å². The molecular weight excluding hydrogens is 288 g/mol. The Hall–Kier alpha value is -0.940. The van der Waals surface area contributed by atoms with Gasteiger partial charge in [-0.05, 0) is 34.5 Å². The summed E-state index contributed by atoms with van der Waals surface area (Å²) in [7, 11) is 0. The molecule has 0 radical (unpaired) electrons. The molecular formula is C11H11BrN2OS. The van der Waals surface area contributed by atoms with Crippen molar-refractivity contribution < 1.29 is 0 Å². The predicted octanol–water partition coefficient (Wildman–Crippen LogP) is 2.68. The van der Waals surface area contributed by atoms with Crippen molar-refractivity contribution in [1.82, 2.24) is 9.55 Å². The highest BCUT2D eigenvalue weighted by molar-refractivity contribution is 9.10. The molecule has 0 aromatic carbocycles. The first kappa shape index (κ1) is 11.5. The van der Waals surface area contributed by atoms with Crippen molar-refractivity contribution in [1.29, 1.82) is 0 Å². The molecule has 2 aromatic heterocycles. The Bertz CT molecular complexity index is 547. The van der Waals surface area contributed by atoms with E-state index in [0.717, 1.165) is 6.42 Å². The van der Waals surface area contributed by atoms with Crippen LogP contribution >= 0.6 is 27.3 Å². The summed E-state index contributed by atoms with van der Waals surface area (Å²) in [6.07, 6.45) is 4.12. The van der Waals surface area contributed by atoms with E-state index in [1.165, 1.54) is 16.0 Å². The fourth-order valence-electron chi connectivity index (χ4n) is 1.40. The molecule has 0 fully saturated rings. The molecule has 5 heteroatoms. The zero-order chi connectivity index (χ0) is 11.5. The van der Waals surface area contributed by atoms with Gasteiger partial charge in [-0.2, -0.15) is 0 Å². The van der Waals surface area contributed by atoms with E-state index >= 15 is 0 Å². The van der Waals surface area contributed by atoms with Crippen LogP contribution in [0.4, 0.5) is 0 Å². The average Bonchev–Trinajstić information content (AvgIpc) is 2.73. The molecule has 2 rings (SSSR count). The van der Waals surface area contributed by atoms with Gasteiger partial charge in [0.2, 0.25) is 0 Å². The Morgan fingerprint density at radius 2 is 2.19 bits per heavy atom. The molecule has 0 aliphatic heterocycles. The number of aromatic nitrogens is 2. The van der Waals surface area contributed by atoms with Gasteiger partial charge in [-0.3, -0.25) is 9.36 Å². The van der Waals surface area contributed by atoms with E-state index in [1.54, 1.807) is 22.2 Å². The summed E-state index contributed by atoms with van der Waals surface area (Å²) in [4.78, 5) is 18.2. The van der Waals surface area contributed by atoms with Gasteiger partial charge in [0.15, 0.2) is 0 Å². The third kappa shape index (κ3) is 2.41. The van der Waals surface area contributed by atoms with E-state index in [9.17, 15) is 4.79 Å². The SMILES string of the molecule is CCc1ccc(Cn2cncc(Br)c2=O)s1. The normalized spacial score (nSPS) is 10.6. The fraction of sp³-hybridized carbons (Fsp3) is 0.273. The highest BCUT2D eigenvalue weighted by atomic mass is 79.9. The largest absolute Gasteiger partial charge is 0.293 e. The van der Waals surface area contributed by atoms with Crippen LogP contribution in [0.25, 0.3) is 0 Å². The third-order valence-electron chi connectivity index (χ3n) is 2.25. The highest BCUT2D eigenvalue weighted by Gasteiger charge is 2.03. The molecule has 0 saturated heterocycles. The molecule has 0 saturated carbocycles. The quantitative estimate of drug-likeness (QED) is 0.873. The van der Waals surface area contributed by atoms with E-state index in [4.69, 9.17) is 0 Å². The molecule has 16 heavy (non-hydrogen) atoms. The van der Waals surface area contributed by atoms with Crippen LogP contribution in [0.1, 0.15) is 16.7 Å². The number of hydrogen-bond donors (Lipinski definition) is 0. The monoisotopic (exact) mass is 298 g/mol. The molecule has 0 spiro atoms. The first-order chi connectivity index (χ1) is 7.70. The topological polar surface area (TPSA) is 34.9 Å². The van der Waals surface area contributed by atoms with Crippen LogP contribution in [-0.4, -0.2) is 9.55 Å². The van der Waals surface area contributed by atoms with E-state index in [1.807, 2.05) is 0 Å². The second-order valence-corrected chi connectivity index (χ2v) is 5.50. The van der Waals surface area contributed by atoms with Crippen LogP contribution in [0.3, 0.4) is 0 Å². The molecule has 2 aromatic rings. The summed E-state index contributed by atoms with van der Waals surface area (Å²) in [5, 5.41) is 0. The third-order valence-corrected chi connectivity index (χ3v) is 4.01. The molecule has 0 aliphatic carbocycles. The average molecular weight is 299 g/mol. The second-order valence-electron chi connectivity index (χ2n) is 3.40. The summed E-state index contributed by atoms with van der Waals surface area (Å²) in [6, 6.07) is 4.17. The number of rotatable bonds is 3. The van der Waals surface area contributed by atoms with E-state index in [2.05, 4.69) is 40.0 Å². The number of halogens is 1. The van der Waals surface area contributed by atoms with Gasteiger partial charge >= 0.3 is 0 Å². The smallest absolute Gasteiger partial charge is 0.267 e. The van der Waals surface area contributed by atoms with E-state index < -0.39 is 0 Å². The summed E-state index contributed by atoms with van der Waals surface area (Å²) >= 11 is 4.93. The first-order valence-electron chi connectivity index (χ1n) is 4.98. The van der Waals surface area contributed by atoms with Gasteiger partial charge in [0.25, 0.3) is 5.56 Å². The number of nitrogens with zero attached hydrogens (tertiary/aromatic N) is 2. The van der Waals surface area contributed by atoms with Gasteiger partial charge in [-0.15, -0.1) is 11.3 Å². The Labute approximate surface area is 106 Å². The van der Waals surface area contributed by atoms with E-state index in [-0.39, 0.29) is 5.56 Å². The Morgan fingerprint density at radius 1 is 1.44 bits per heavy atom. The molecule has 0 aliphatic rings. The summed E-state index contributed by atoms with van der Waals surface area (Å²) in [5.74, 6) is 0. The van der Waals surface area contributed by atoms with Gasteiger partial charge < -0.3 is 0 Å². The van der Waals surface area contributed by atoms with Crippen LogP contribution in [0, 0.1) is 0 Å². The molecule has 3 nitrogen and oxygen atoms in total. The maximum Gasteiger partial charge on any atom is 0.267 e. The lowest BCUT2D eigenvalue weighted by Gasteiger charge is -2.02. The van der Waals surface area contributed by atoms with Crippen LogP contribution in [-0.2, 0) is 13.0 Å². The van der Waals surface area contributed by atoms with Crippen LogP contribution < -0.4 is 5.56 Å². The molecule has 2 heterocycles. The maximum absolute atomic E-state index is 11.7. The molecule has 0 N–H and O–H groups in total. The standard InChI is InChI=1S/C11H11BrN2OS/c1-2-8-3-4-9(16-8)6-14-7-13-5-10(12)11(14)15/h3-5,7H,2,6H2,1H3. The van der Waals surface area contributed by atoms with Crippen LogP contribution in [0.15, 0.2) is 33.9 Å². The van der Waals surface area contributed by atoms with E-state index in [0.29, 0.717) is 11.0 Å². The molecule has 0 atom stereocenters. The highest BCUT2D eigenvalue weighted by Crippen LogP contribution is 2.17. The lowest BCUT2D eigenvalue weighted by Crippen LogP contribution is -2.20. The molecule has 0 bridgehead atoms. The number of thiophene rings is 1. The lowest BCUT2D eigenvalue weighted by molar-refractivity contribution is 0.740. The maximum atomic E-state index is 11.7. The van der Waals surface area contributed by atoms with Crippen molar-refractivity contribution in [3.63, 3.8) is 0 Å². The van der Waals surface area contributed by atoms with Gasteiger partial charge in [0, 0.05) is 16.0 Å². The van der Waals surface area contributed by atoms with Crippen LogP contribution in [0.2, 0.25) is 0 Å². The van der Waals surface area contributed by atoms with Crippen molar-refractivity contribution >= 4 is 27.3 Å². The van der Waals surface area contributed by atoms with Crippen molar-refractivity contribution in [3.05, 3.63) is 49.2 Å². The first-order valence-corrected chi connectivity index (χ1v) is 6.59. The summed E-state index contributed by atoms with van der Waals surface area (Å²) in [5.41, 5.74) is -0.0403. The van der Waals surface area contributed by atoms with Crippen molar-refractivity contribution in [3.8, 4) is 0 Å². The molecule has 0 amide bonds. The van der Waals surface area contributed by atoms with Crippen LogP contribution in [0.5, 0.6) is 0 Å². The predicted molar refractivity (Wildman–Crippen MR) is 69.0 cm³/mol. The summed E-state index contributed by atoms with van der Waals surface area (Å²) < 4.78 is 2.11. The zero-order valence-electron chi connectivity index (χ0n) is 8.81. The number of aryl methyl sites for hydroxylation is 1. The Morgan fingerprint density at radius 3 is 2.88 bits per heavy atom. The van der Waals surface area contributed by atoms with Gasteiger partial charge in [0.05, 0.1) is 12.9 Å². The minimum absolute atomic E-state index is 0.0403. The minimum Gasteiger partial charge on any atom is -0.293 e. The van der Waals surface area contributed by atoms with Crippen molar-refractivity contribution in [2.24, 2.45) is 0 Å². The minimum atomic E-state index is -0.0403. The van der Waals surface area contributed by atoms with Crippen molar-refractivity contribution in [2.45, 2.75) is 19.9 Å². The summed E-state index contributed by atoms with van der Waals surface area (Å²) in [6.45, 7) is 2.72. The fourth-order valence-corrected chi connectivity index (χ4v) is 2.70. The van der Waals surface area contributed by atoms with Gasteiger partial charge in [0.1, 0.15) is 4.47 Å². The Kier molecular flexibility index (Phi) is 3.56. The molecule has 0 unspecified atom stereocenters. The zero-order valence-corrected chi connectivity index (χ0v) is 11.2. The van der Waals surface area contributed by atoms with Gasteiger partial charge in [-0.25, -0.2) is 4.98 Å². The number of hydrogen-bond acceptors (Lipinski definition) is 3. The Balaban J connectivity index is 2.27. The second kappa shape index (κ2) is 4.93. The molecule has 84 valence electrons. The van der Waals surface area contributed by atoms with Gasteiger partial charge in [-0.1, -0.05) is 6.92 Å².